The summed E-state index contributed by atoms with van der Waals surface area (Å²) in [6.07, 6.45) is 2.60. The van der Waals surface area contributed by atoms with Crippen LogP contribution in [-0.4, -0.2) is 57.8 Å². The van der Waals surface area contributed by atoms with Crippen LogP contribution in [0.5, 0.6) is 0 Å². The van der Waals surface area contributed by atoms with E-state index in [0.29, 0.717) is 11.6 Å². The molecule has 1 spiro atoms. The van der Waals surface area contributed by atoms with Crippen LogP contribution < -0.4 is 0 Å². The van der Waals surface area contributed by atoms with Gasteiger partial charge in [0.05, 0.1) is 0 Å². The second-order valence-electron chi connectivity index (χ2n) is 5.95. The molecule has 0 aromatic rings. The van der Waals surface area contributed by atoms with Gasteiger partial charge < -0.3 is 0 Å². The molecule has 0 aliphatic carbocycles. The van der Waals surface area contributed by atoms with Crippen LogP contribution in [-0.2, 0) is 30.9 Å². The maximum atomic E-state index is 5.80. The molecular weight excluding hydrogens is 401 g/mol. The zero-order valence-electron chi connectivity index (χ0n) is 11.6. The molecule has 0 bridgehead atoms. The third kappa shape index (κ3) is 3.04. The summed E-state index contributed by atoms with van der Waals surface area (Å²) in [5.41, 5.74) is 0.380. The Labute approximate surface area is 122 Å². The molecule has 0 amide bonds. The third-order valence-electron chi connectivity index (χ3n) is 4.45. The predicted octanol–water partition coefficient (Wildman–Crippen LogP) is 1.45. The number of hydrogen-bond acceptors (Lipinski definition) is 3. The van der Waals surface area contributed by atoms with E-state index < -0.39 is 0 Å². The van der Waals surface area contributed by atoms with Crippen molar-refractivity contribution >= 4 is 0 Å². The summed E-state index contributed by atoms with van der Waals surface area (Å²) < 4.78 is 6.64. The van der Waals surface area contributed by atoms with E-state index in [0.717, 1.165) is 49.4 Å². The van der Waals surface area contributed by atoms with E-state index in [2.05, 4.69) is 30.6 Å². The molecule has 4 heteroatoms. The van der Waals surface area contributed by atoms with Gasteiger partial charge >= 0.3 is 122 Å². The first-order valence-corrected chi connectivity index (χ1v) is 10.1. The van der Waals surface area contributed by atoms with Gasteiger partial charge in [-0.15, -0.1) is 0 Å². The van der Waals surface area contributed by atoms with E-state index in [1.807, 2.05) is 0 Å². The summed E-state index contributed by atoms with van der Waals surface area (Å²) in [5.74, 6) is 0. The van der Waals surface area contributed by atoms with E-state index in [4.69, 9.17) is 4.74 Å². The summed E-state index contributed by atoms with van der Waals surface area (Å²) in [4.78, 5) is 5.39. The van der Waals surface area contributed by atoms with Gasteiger partial charge in [-0.2, -0.15) is 0 Å². The van der Waals surface area contributed by atoms with Crippen molar-refractivity contribution < 1.29 is 30.9 Å². The summed E-state index contributed by atoms with van der Waals surface area (Å²) in [6, 6.07) is 0.697. The van der Waals surface area contributed by atoms with E-state index >= 15 is 0 Å². The van der Waals surface area contributed by atoms with Crippen LogP contribution in [0.25, 0.3) is 0 Å². The normalized spacial score (nSPS) is 28.8. The molecule has 2 heterocycles. The number of hydrogen-bond donors (Lipinski definition) is 0. The second kappa shape index (κ2) is 5.85. The Morgan fingerprint density at radius 2 is 1.76 bits per heavy atom. The predicted molar refractivity (Wildman–Crippen MR) is 65.7 cm³/mol. The van der Waals surface area contributed by atoms with Crippen LogP contribution in [0.15, 0.2) is 0 Å². The first kappa shape index (κ1) is 14.2. The summed E-state index contributed by atoms with van der Waals surface area (Å²) in [7, 11) is 0. The Hall–Kier alpha value is 0.815. The fraction of sp³-hybridized carbons (Fsp3) is 1.00. The number of likely N-dealkylation sites (tertiary alicyclic amines) is 1. The van der Waals surface area contributed by atoms with Crippen molar-refractivity contribution in [1.29, 1.82) is 0 Å². The molecule has 2 rings (SSSR count). The van der Waals surface area contributed by atoms with Gasteiger partial charge in [-0.1, -0.05) is 0 Å². The van der Waals surface area contributed by atoms with Crippen molar-refractivity contribution in [3.8, 4) is 0 Å². The van der Waals surface area contributed by atoms with Gasteiger partial charge in [-0.05, 0) is 0 Å². The minimum absolute atomic E-state index is 0.380. The van der Waals surface area contributed by atoms with Crippen molar-refractivity contribution in [1.82, 2.24) is 9.80 Å². The minimum atomic E-state index is 0.380. The van der Waals surface area contributed by atoms with Gasteiger partial charge in [0.2, 0.25) is 0 Å². The Balaban J connectivity index is 2.03. The van der Waals surface area contributed by atoms with Crippen LogP contribution in [0.4, 0.5) is 0 Å². The first-order chi connectivity index (χ1) is 8.05. The van der Waals surface area contributed by atoms with Gasteiger partial charge in [-0.25, -0.2) is 0 Å². The van der Waals surface area contributed by atoms with Gasteiger partial charge in [0.15, 0.2) is 0 Å². The zero-order chi connectivity index (χ0) is 12.5. The maximum absolute atomic E-state index is 5.80. The molecule has 17 heavy (non-hydrogen) atoms. The monoisotopic (exact) mass is 427 g/mol. The number of piperidine rings is 1. The van der Waals surface area contributed by atoms with Crippen molar-refractivity contribution in [3.63, 3.8) is 0 Å². The van der Waals surface area contributed by atoms with Gasteiger partial charge in [0.1, 0.15) is 0 Å². The van der Waals surface area contributed by atoms with Crippen molar-refractivity contribution in [2.75, 3.05) is 32.8 Å². The van der Waals surface area contributed by atoms with Gasteiger partial charge in [0, 0.05) is 0 Å². The molecule has 2 aliphatic heterocycles. The summed E-state index contributed by atoms with van der Waals surface area (Å²) in [6.45, 7) is 12.6. The number of ether oxygens (including phenoxy) is 1. The number of rotatable bonds is 2. The topological polar surface area (TPSA) is 15.7 Å². The zero-order valence-corrected chi connectivity index (χ0v) is 17.1. The molecule has 3 nitrogen and oxygen atoms in total. The van der Waals surface area contributed by atoms with Crippen molar-refractivity contribution in [2.45, 2.75) is 48.7 Å². The van der Waals surface area contributed by atoms with Gasteiger partial charge in [0.25, 0.3) is 0 Å². The standard InChI is InChI=1S/C13H25N2O.Hg/c1-4-15-9-10-16-11-13(15)5-7-14(8-6-13)12(2)3;/h4,12H,5-11H2,1-3H3;. The molecule has 0 saturated carbocycles. The quantitative estimate of drug-likeness (QED) is 0.623. The molecule has 2 saturated heterocycles. The van der Waals surface area contributed by atoms with Crippen molar-refractivity contribution in [3.05, 3.63) is 0 Å². The van der Waals surface area contributed by atoms with E-state index in [1.165, 1.54) is 25.9 Å². The Bertz CT molecular complexity index is 250. The molecule has 0 N–H and O–H groups in total. The SMILES string of the molecule is CC(C)N1CCC2(CC1)COCCN2[CH](C)[Hg]. The second-order valence-corrected chi connectivity index (χ2v) is 10.5. The Morgan fingerprint density at radius 1 is 1.12 bits per heavy atom. The molecule has 95 valence electrons. The molecule has 0 aromatic carbocycles. The van der Waals surface area contributed by atoms with Crippen LogP contribution in [0.1, 0.15) is 33.6 Å². The van der Waals surface area contributed by atoms with Gasteiger partial charge in [-0.3, -0.25) is 0 Å². The fourth-order valence-electron chi connectivity index (χ4n) is 3.32. The van der Waals surface area contributed by atoms with Crippen LogP contribution in [0, 0.1) is 0 Å². The molecule has 1 atom stereocenters. The first-order valence-electron chi connectivity index (χ1n) is 6.97. The number of nitrogens with zero attached hydrogens (tertiary/aromatic N) is 2. The Morgan fingerprint density at radius 3 is 2.29 bits per heavy atom. The van der Waals surface area contributed by atoms with Crippen LogP contribution in [0.3, 0.4) is 0 Å². The summed E-state index contributed by atoms with van der Waals surface area (Å²) >= 11 is 0.843. The van der Waals surface area contributed by atoms with E-state index in [9.17, 15) is 0 Å². The average molecular weight is 426 g/mol. The van der Waals surface area contributed by atoms with E-state index in [-0.39, 0.29) is 0 Å². The Kier molecular flexibility index (Phi) is 4.90. The van der Waals surface area contributed by atoms with Crippen molar-refractivity contribution in [2.24, 2.45) is 0 Å². The molecule has 1 unspecified atom stereocenters. The fourth-order valence-corrected chi connectivity index (χ4v) is 5.54. The molecule has 2 aliphatic rings. The molecule has 0 aromatic heterocycles. The molecule has 0 radical (unpaired) electrons. The third-order valence-corrected chi connectivity index (χ3v) is 6.16. The molecular formula is C13H25HgN2O. The number of morpholine rings is 1. The van der Waals surface area contributed by atoms with Crippen LogP contribution in [0.2, 0.25) is 0 Å². The van der Waals surface area contributed by atoms with E-state index in [1.54, 1.807) is 0 Å². The summed E-state index contributed by atoms with van der Waals surface area (Å²) in [5, 5.41) is 0. The average Bonchev–Trinajstić information content (AvgIpc) is 2.29. The van der Waals surface area contributed by atoms with Crippen LogP contribution >= 0.6 is 0 Å². The molecule has 2 fully saturated rings.